The smallest absolute Gasteiger partial charge is 0.143 e. The molecule has 0 unspecified atom stereocenters. The Morgan fingerprint density at radius 2 is 1.52 bits per heavy atom. The van der Waals surface area contributed by atoms with Gasteiger partial charge in [-0.2, -0.15) is 4.99 Å². The van der Waals surface area contributed by atoms with Crippen molar-refractivity contribution < 1.29 is 8.78 Å². The Bertz CT molecular complexity index is 1220. The molecule has 152 valence electrons. The summed E-state index contributed by atoms with van der Waals surface area (Å²) < 4.78 is 28.2. The summed E-state index contributed by atoms with van der Waals surface area (Å²) in [7, 11) is 0. The fourth-order valence-electron chi connectivity index (χ4n) is 3.65. The van der Waals surface area contributed by atoms with E-state index in [2.05, 4.69) is 64.6 Å². The van der Waals surface area contributed by atoms with E-state index in [1.54, 1.807) is 0 Å². The molecule has 4 rings (SSSR count). The van der Waals surface area contributed by atoms with Gasteiger partial charge in [0.25, 0.3) is 0 Å². The van der Waals surface area contributed by atoms with Crippen molar-refractivity contribution in [3.8, 4) is 23.0 Å². The normalized spacial score (nSPS) is 12.5. The molecule has 0 N–H and O–H groups in total. The number of hydrogen-bond donors (Lipinski definition) is 0. The molecule has 1 aliphatic carbocycles. The monoisotopic (exact) mass is 427 g/mol. The Labute approximate surface area is 186 Å². The Hall–Kier alpha value is -3.38. The molecule has 0 heterocycles. The van der Waals surface area contributed by atoms with Gasteiger partial charge in [0.1, 0.15) is 11.6 Å². The van der Waals surface area contributed by atoms with Crippen molar-refractivity contribution in [3.05, 3.63) is 101 Å². The third-order valence-electron chi connectivity index (χ3n) is 5.27. The van der Waals surface area contributed by atoms with Crippen molar-refractivity contribution >= 4 is 23.1 Å². The van der Waals surface area contributed by atoms with Gasteiger partial charge < -0.3 is 0 Å². The second-order valence-electron chi connectivity index (χ2n) is 7.44. The molecule has 0 aliphatic heterocycles. The zero-order valence-corrected chi connectivity index (χ0v) is 17.6. The molecule has 0 bridgehead atoms. The van der Waals surface area contributed by atoms with Crippen LogP contribution in [0.4, 0.5) is 14.5 Å². The maximum Gasteiger partial charge on any atom is 0.143 e. The molecule has 0 amide bonds. The molecular weight excluding hydrogens is 408 g/mol. The molecule has 0 spiro atoms. The van der Waals surface area contributed by atoms with Crippen LogP contribution in [0.15, 0.2) is 77.3 Å². The molecule has 0 fully saturated rings. The molecule has 4 heteroatoms. The van der Waals surface area contributed by atoms with E-state index < -0.39 is 11.6 Å². The molecule has 0 saturated heterocycles. The number of benzene rings is 3. The lowest BCUT2D eigenvalue weighted by molar-refractivity contribution is 0.578. The predicted octanol–water partition coefficient (Wildman–Crippen LogP) is 7.42. The number of halogens is 2. The van der Waals surface area contributed by atoms with E-state index in [4.69, 9.17) is 0 Å². The molecule has 1 nitrogen and oxygen atoms in total. The molecule has 0 saturated carbocycles. The number of allylic oxidation sites excluding steroid dienone is 2. The number of hydrogen-bond acceptors (Lipinski definition) is 2. The van der Waals surface area contributed by atoms with E-state index in [0.717, 1.165) is 29.7 Å². The summed E-state index contributed by atoms with van der Waals surface area (Å²) in [6, 6.07) is 18.4. The van der Waals surface area contributed by atoms with E-state index in [-0.39, 0.29) is 11.3 Å². The Balaban J connectivity index is 1.49. The molecule has 3 aromatic rings. The van der Waals surface area contributed by atoms with E-state index in [1.165, 1.54) is 30.4 Å². The van der Waals surface area contributed by atoms with Crippen LogP contribution in [0, 0.1) is 23.5 Å². The van der Waals surface area contributed by atoms with Crippen molar-refractivity contribution in [2.24, 2.45) is 4.99 Å². The molecule has 0 radical (unpaired) electrons. The van der Waals surface area contributed by atoms with E-state index in [0.29, 0.717) is 5.56 Å². The van der Waals surface area contributed by atoms with Gasteiger partial charge in [-0.3, -0.25) is 0 Å². The van der Waals surface area contributed by atoms with Crippen molar-refractivity contribution in [1.29, 1.82) is 0 Å². The van der Waals surface area contributed by atoms with Gasteiger partial charge in [-0.15, -0.1) is 0 Å². The molecule has 0 aromatic heterocycles. The Morgan fingerprint density at radius 3 is 2.10 bits per heavy atom. The lowest BCUT2D eigenvalue weighted by Crippen LogP contribution is -1.90. The highest BCUT2D eigenvalue weighted by atomic mass is 32.1. The maximum atomic E-state index is 14.1. The van der Waals surface area contributed by atoms with Crippen LogP contribution in [-0.4, -0.2) is 5.16 Å². The fraction of sp³-hybridized carbons (Fsp3) is 0.148. The quantitative estimate of drug-likeness (QED) is 0.183. The minimum Gasteiger partial charge on any atom is -0.205 e. The third kappa shape index (κ3) is 5.22. The summed E-state index contributed by atoms with van der Waals surface area (Å²) in [6.45, 7) is 0. The van der Waals surface area contributed by atoms with Gasteiger partial charge in [0.05, 0.1) is 16.4 Å². The first kappa shape index (κ1) is 20.9. The molecule has 1 aliphatic rings. The minimum absolute atomic E-state index is 0.0749. The number of nitrogens with zero attached hydrogens (tertiary/aromatic N) is 1. The molecule has 3 aromatic carbocycles. The van der Waals surface area contributed by atoms with Gasteiger partial charge in [-0.1, -0.05) is 59.9 Å². The van der Waals surface area contributed by atoms with Crippen LogP contribution in [0.1, 0.15) is 36.0 Å². The summed E-state index contributed by atoms with van der Waals surface area (Å²) in [5.41, 5.74) is 5.50. The average molecular weight is 428 g/mol. The maximum absolute atomic E-state index is 14.1. The molecule has 31 heavy (non-hydrogen) atoms. The highest BCUT2D eigenvalue weighted by molar-refractivity contribution is 7.78. The molecule has 0 atom stereocenters. The van der Waals surface area contributed by atoms with Crippen molar-refractivity contribution in [1.82, 2.24) is 0 Å². The largest absolute Gasteiger partial charge is 0.205 e. The van der Waals surface area contributed by atoms with Gasteiger partial charge >= 0.3 is 0 Å². The van der Waals surface area contributed by atoms with Crippen LogP contribution in [-0.2, 0) is 6.42 Å². The highest BCUT2D eigenvalue weighted by Gasteiger charge is 2.09. The second kappa shape index (κ2) is 9.62. The van der Waals surface area contributed by atoms with E-state index in [1.807, 2.05) is 24.3 Å². The summed E-state index contributed by atoms with van der Waals surface area (Å²) in [5.74, 6) is 3.84. The van der Waals surface area contributed by atoms with Gasteiger partial charge in [0.2, 0.25) is 0 Å². The summed E-state index contributed by atoms with van der Waals surface area (Å²) in [4.78, 5) is 3.59. The first-order chi connectivity index (χ1) is 15.1. The minimum atomic E-state index is -0.776. The zero-order valence-electron chi connectivity index (χ0n) is 16.8. The van der Waals surface area contributed by atoms with Crippen LogP contribution < -0.4 is 0 Å². The van der Waals surface area contributed by atoms with Crippen molar-refractivity contribution in [3.63, 3.8) is 0 Å². The summed E-state index contributed by atoms with van der Waals surface area (Å²) >= 11 is 4.46. The SMILES string of the molecule is Fc1cc(N=C=S)cc(F)c1C#Cc1ccc(-c2ccc(CC3=CCCC3)cc2)cc1. The zero-order chi connectivity index (χ0) is 21.6. The highest BCUT2D eigenvalue weighted by Crippen LogP contribution is 2.25. The van der Waals surface area contributed by atoms with Crippen LogP contribution in [0.25, 0.3) is 11.1 Å². The Kier molecular flexibility index (Phi) is 6.48. The third-order valence-corrected chi connectivity index (χ3v) is 5.36. The first-order valence-electron chi connectivity index (χ1n) is 10.1. The van der Waals surface area contributed by atoms with Crippen LogP contribution in [0.3, 0.4) is 0 Å². The van der Waals surface area contributed by atoms with Crippen LogP contribution >= 0.6 is 12.2 Å². The lowest BCUT2D eigenvalue weighted by atomic mass is 9.99. The number of rotatable bonds is 4. The standard InChI is InChI=1S/C27H19F2NS/c28-26-16-24(30-18-31)17-27(29)25(26)14-9-19-5-10-22(11-6-19)23-12-7-21(8-13-23)15-20-3-1-2-4-20/h3,5-8,10-13,16-17H,1-2,4,15H2. The Morgan fingerprint density at radius 1 is 0.871 bits per heavy atom. The number of thiocarbonyl (C=S) groups is 1. The topological polar surface area (TPSA) is 12.4 Å². The molecular formula is C27H19F2NS. The van der Waals surface area contributed by atoms with Gasteiger partial charge in [0.15, 0.2) is 0 Å². The van der Waals surface area contributed by atoms with Crippen molar-refractivity contribution in [2.45, 2.75) is 25.7 Å². The van der Waals surface area contributed by atoms with Crippen LogP contribution in [0.5, 0.6) is 0 Å². The average Bonchev–Trinajstić information content (AvgIpc) is 3.27. The predicted molar refractivity (Wildman–Crippen MR) is 125 cm³/mol. The summed E-state index contributed by atoms with van der Waals surface area (Å²) in [5, 5.41) is 2.09. The summed E-state index contributed by atoms with van der Waals surface area (Å²) in [6.07, 6.45) is 7.07. The number of aliphatic imine (C=N–C) groups is 1. The number of isothiocyanates is 1. The first-order valence-corrected chi connectivity index (χ1v) is 10.5. The van der Waals surface area contributed by atoms with Gasteiger partial charge in [-0.25, -0.2) is 8.78 Å². The van der Waals surface area contributed by atoms with Crippen molar-refractivity contribution in [2.75, 3.05) is 0 Å². The van der Waals surface area contributed by atoms with Gasteiger partial charge in [0, 0.05) is 17.7 Å². The van der Waals surface area contributed by atoms with E-state index in [9.17, 15) is 8.78 Å². The second-order valence-corrected chi connectivity index (χ2v) is 7.63. The fourth-order valence-corrected chi connectivity index (χ4v) is 3.76. The lowest BCUT2D eigenvalue weighted by Gasteiger charge is -2.06. The van der Waals surface area contributed by atoms with E-state index >= 15 is 0 Å². The van der Waals surface area contributed by atoms with Crippen LogP contribution in [0.2, 0.25) is 0 Å². The van der Waals surface area contributed by atoms with Gasteiger partial charge in [-0.05, 0) is 66.7 Å².